The highest BCUT2D eigenvalue weighted by atomic mass is 16.2. The number of Topliss-reactive ketones (excluding diaryl/α,β-unsaturated/α-hetero) is 1. The Labute approximate surface area is 100 Å². The van der Waals surface area contributed by atoms with Crippen LogP contribution in [0.4, 0.5) is 0 Å². The second kappa shape index (κ2) is 5.56. The number of hydrogen-bond acceptors (Lipinski definition) is 4. The van der Waals surface area contributed by atoms with Crippen molar-refractivity contribution in [2.45, 2.75) is 34.2 Å². The standard InChI is InChI=1S/C11H18N4O2/c1-7(2)5-12-10(17)6-15-8(3)11(9(4)16)13-14-15/h7H,5-6H2,1-4H3,(H,12,17). The number of ketones is 1. The molecule has 0 atom stereocenters. The van der Waals surface area contributed by atoms with Gasteiger partial charge < -0.3 is 5.32 Å². The molecule has 1 aromatic heterocycles. The molecule has 17 heavy (non-hydrogen) atoms. The lowest BCUT2D eigenvalue weighted by molar-refractivity contribution is -0.122. The van der Waals surface area contributed by atoms with Gasteiger partial charge in [0.1, 0.15) is 6.54 Å². The number of carbonyl (C=O) groups is 2. The molecule has 0 unspecified atom stereocenters. The second-order valence-corrected chi connectivity index (χ2v) is 4.44. The van der Waals surface area contributed by atoms with E-state index in [1.54, 1.807) is 6.92 Å². The highest BCUT2D eigenvalue weighted by Gasteiger charge is 2.14. The molecule has 94 valence electrons. The summed E-state index contributed by atoms with van der Waals surface area (Å²) in [6, 6.07) is 0. The van der Waals surface area contributed by atoms with E-state index in [1.165, 1.54) is 11.6 Å². The third kappa shape index (κ3) is 3.65. The van der Waals surface area contributed by atoms with Crippen molar-refractivity contribution in [3.8, 4) is 0 Å². The van der Waals surface area contributed by atoms with Crippen LogP contribution in [-0.2, 0) is 11.3 Å². The Morgan fingerprint density at radius 1 is 1.41 bits per heavy atom. The van der Waals surface area contributed by atoms with Crippen molar-refractivity contribution >= 4 is 11.7 Å². The smallest absolute Gasteiger partial charge is 0.241 e. The summed E-state index contributed by atoms with van der Waals surface area (Å²) in [5.74, 6) is 0.140. The maximum absolute atomic E-state index is 11.6. The molecule has 0 saturated carbocycles. The van der Waals surface area contributed by atoms with Crippen LogP contribution >= 0.6 is 0 Å². The summed E-state index contributed by atoms with van der Waals surface area (Å²) in [6.07, 6.45) is 0. The molecule has 0 fully saturated rings. The van der Waals surface area contributed by atoms with Crippen molar-refractivity contribution in [3.63, 3.8) is 0 Å². The Hall–Kier alpha value is -1.72. The first-order chi connectivity index (χ1) is 7.91. The van der Waals surface area contributed by atoms with E-state index in [9.17, 15) is 9.59 Å². The van der Waals surface area contributed by atoms with E-state index in [-0.39, 0.29) is 18.2 Å². The molecule has 0 spiro atoms. The lowest BCUT2D eigenvalue weighted by Gasteiger charge is -2.08. The van der Waals surface area contributed by atoms with Crippen molar-refractivity contribution in [2.75, 3.05) is 6.54 Å². The van der Waals surface area contributed by atoms with Crippen molar-refractivity contribution in [1.82, 2.24) is 20.3 Å². The zero-order valence-electron chi connectivity index (χ0n) is 10.6. The Morgan fingerprint density at radius 3 is 2.53 bits per heavy atom. The third-order valence-electron chi connectivity index (χ3n) is 2.32. The number of hydrogen-bond donors (Lipinski definition) is 1. The van der Waals surface area contributed by atoms with Gasteiger partial charge in [-0.1, -0.05) is 19.1 Å². The normalized spacial score (nSPS) is 10.6. The molecule has 0 aliphatic heterocycles. The Bertz CT molecular complexity index is 423. The summed E-state index contributed by atoms with van der Waals surface area (Å²) >= 11 is 0. The molecule has 0 aromatic carbocycles. The first kappa shape index (κ1) is 13.3. The van der Waals surface area contributed by atoms with Gasteiger partial charge in [0, 0.05) is 13.5 Å². The molecule has 6 heteroatoms. The molecule has 6 nitrogen and oxygen atoms in total. The Kier molecular flexibility index (Phi) is 4.37. The third-order valence-corrected chi connectivity index (χ3v) is 2.32. The average Bonchev–Trinajstić information content (AvgIpc) is 2.58. The summed E-state index contributed by atoms with van der Waals surface area (Å²) in [6.45, 7) is 7.93. The minimum absolute atomic E-state index is 0.0961. The number of aromatic nitrogens is 3. The van der Waals surface area contributed by atoms with E-state index in [1.807, 2.05) is 13.8 Å². The fourth-order valence-corrected chi connectivity index (χ4v) is 1.35. The molecule has 1 amide bonds. The lowest BCUT2D eigenvalue weighted by Crippen LogP contribution is -2.31. The topological polar surface area (TPSA) is 76.9 Å². The SMILES string of the molecule is CC(=O)c1nnn(CC(=O)NCC(C)C)c1C. The Morgan fingerprint density at radius 2 is 2.06 bits per heavy atom. The van der Waals surface area contributed by atoms with Gasteiger partial charge in [0.05, 0.1) is 5.69 Å². The van der Waals surface area contributed by atoms with Gasteiger partial charge in [-0.15, -0.1) is 5.10 Å². The summed E-state index contributed by atoms with van der Waals surface area (Å²) in [5, 5.41) is 10.3. The van der Waals surface area contributed by atoms with Gasteiger partial charge in [-0.05, 0) is 12.8 Å². The second-order valence-electron chi connectivity index (χ2n) is 4.44. The van der Waals surface area contributed by atoms with Crippen LogP contribution in [0.2, 0.25) is 0 Å². The van der Waals surface area contributed by atoms with Crippen LogP contribution in [0, 0.1) is 12.8 Å². The van der Waals surface area contributed by atoms with E-state index in [0.717, 1.165) is 0 Å². The van der Waals surface area contributed by atoms with Crippen molar-refractivity contribution in [3.05, 3.63) is 11.4 Å². The molecule has 0 saturated heterocycles. The van der Waals surface area contributed by atoms with Crippen LogP contribution in [-0.4, -0.2) is 33.2 Å². The van der Waals surface area contributed by atoms with Gasteiger partial charge in [0.15, 0.2) is 11.5 Å². The van der Waals surface area contributed by atoms with Crippen molar-refractivity contribution in [1.29, 1.82) is 0 Å². The number of carbonyl (C=O) groups excluding carboxylic acids is 2. The largest absolute Gasteiger partial charge is 0.354 e. The van der Waals surface area contributed by atoms with Crippen LogP contribution in [0.15, 0.2) is 0 Å². The molecular weight excluding hydrogens is 220 g/mol. The van der Waals surface area contributed by atoms with E-state index in [0.29, 0.717) is 23.9 Å². The van der Waals surface area contributed by atoms with Gasteiger partial charge in [0.25, 0.3) is 0 Å². The molecule has 1 N–H and O–H groups in total. The molecular formula is C11H18N4O2. The van der Waals surface area contributed by atoms with Crippen molar-refractivity contribution in [2.24, 2.45) is 5.92 Å². The zero-order chi connectivity index (χ0) is 13.0. The number of nitrogens with zero attached hydrogens (tertiary/aromatic N) is 3. The van der Waals surface area contributed by atoms with Gasteiger partial charge in [-0.3, -0.25) is 9.59 Å². The first-order valence-electron chi connectivity index (χ1n) is 5.59. The maximum atomic E-state index is 11.6. The van der Waals surface area contributed by atoms with Crippen LogP contribution in [0.5, 0.6) is 0 Å². The summed E-state index contributed by atoms with van der Waals surface area (Å²) in [7, 11) is 0. The monoisotopic (exact) mass is 238 g/mol. The highest BCUT2D eigenvalue weighted by Crippen LogP contribution is 2.03. The maximum Gasteiger partial charge on any atom is 0.241 e. The van der Waals surface area contributed by atoms with E-state index in [2.05, 4.69) is 15.6 Å². The predicted octanol–water partition coefficient (Wildman–Crippen LogP) is 0.561. The molecule has 0 aliphatic carbocycles. The van der Waals surface area contributed by atoms with Crippen LogP contribution < -0.4 is 5.32 Å². The highest BCUT2D eigenvalue weighted by molar-refractivity contribution is 5.93. The molecule has 1 aromatic rings. The quantitative estimate of drug-likeness (QED) is 0.760. The zero-order valence-corrected chi connectivity index (χ0v) is 10.6. The number of amides is 1. The van der Waals surface area contributed by atoms with Gasteiger partial charge in [0.2, 0.25) is 5.91 Å². The van der Waals surface area contributed by atoms with Crippen LogP contribution in [0.25, 0.3) is 0 Å². The van der Waals surface area contributed by atoms with Gasteiger partial charge in [-0.25, -0.2) is 4.68 Å². The van der Waals surface area contributed by atoms with E-state index < -0.39 is 0 Å². The minimum atomic E-state index is -0.142. The van der Waals surface area contributed by atoms with Crippen LogP contribution in [0.3, 0.4) is 0 Å². The Balaban J connectivity index is 2.63. The summed E-state index contributed by atoms with van der Waals surface area (Å²) in [4.78, 5) is 22.7. The average molecular weight is 238 g/mol. The van der Waals surface area contributed by atoms with Crippen molar-refractivity contribution < 1.29 is 9.59 Å². The fraction of sp³-hybridized carbons (Fsp3) is 0.636. The number of rotatable bonds is 5. The minimum Gasteiger partial charge on any atom is -0.354 e. The summed E-state index contributed by atoms with van der Waals surface area (Å²) in [5.41, 5.74) is 0.943. The van der Waals surface area contributed by atoms with E-state index >= 15 is 0 Å². The summed E-state index contributed by atoms with van der Waals surface area (Å²) < 4.78 is 1.44. The first-order valence-corrected chi connectivity index (χ1v) is 5.59. The fourth-order valence-electron chi connectivity index (χ4n) is 1.35. The van der Waals surface area contributed by atoms with E-state index in [4.69, 9.17) is 0 Å². The molecule has 1 heterocycles. The molecule has 0 radical (unpaired) electrons. The van der Waals surface area contributed by atoms with Gasteiger partial charge in [-0.2, -0.15) is 0 Å². The number of nitrogens with one attached hydrogen (secondary N) is 1. The van der Waals surface area contributed by atoms with Gasteiger partial charge >= 0.3 is 0 Å². The molecule has 1 rings (SSSR count). The van der Waals surface area contributed by atoms with Crippen LogP contribution in [0.1, 0.15) is 37.0 Å². The lowest BCUT2D eigenvalue weighted by atomic mass is 10.2. The molecule has 0 bridgehead atoms. The predicted molar refractivity (Wildman–Crippen MR) is 62.6 cm³/mol. The molecule has 0 aliphatic rings.